The van der Waals surface area contributed by atoms with Crippen molar-refractivity contribution in [3.05, 3.63) is 45.7 Å². The van der Waals surface area contributed by atoms with Gasteiger partial charge in [0.1, 0.15) is 24.0 Å². The first-order valence-electron chi connectivity index (χ1n) is 7.07. The number of aryl methyl sites for hydroxylation is 1. The molecule has 23 heavy (non-hydrogen) atoms. The van der Waals surface area contributed by atoms with Crippen molar-refractivity contribution in [2.24, 2.45) is 0 Å². The fourth-order valence-corrected chi connectivity index (χ4v) is 2.60. The molecule has 0 aliphatic carbocycles. The third kappa shape index (κ3) is 3.31. The standard InChI is InChI=1S/C15H15FN4O2S/c1-9-18-19-15(23)20(9)5-4-17-14(21)11-6-10-7-12(16)2-3-13(10)22-8-11/h2-3,6-7H,4-5,8H2,1H3,(H,17,21)(H,19,23). The molecular formula is C15H15FN4O2S. The molecule has 0 spiro atoms. The molecule has 0 radical (unpaired) electrons. The Morgan fingerprint density at radius 3 is 3.13 bits per heavy atom. The predicted octanol–water partition coefficient (Wildman–Crippen LogP) is 1.98. The summed E-state index contributed by atoms with van der Waals surface area (Å²) in [7, 11) is 0. The SMILES string of the molecule is Cc1n[nH]c(=S)n1CCNC(=O)C1=Cc2cc(F)ccc2OC1. The summed E-state index contributed by atoms with van der Waals surface area (Å²) < 4.78 is 21.0. The predicted molar refractivity (Wildman–Crippen MR) is 85.0 cm³/mol. The number of hydrogen-bond donors (Lipinski definition) is 2. The number of aromatic amines is 1. The minimum absolute atomic E-state index is 0.161. The summed E-state index contributed by atoms with van der Waals surface area (Å²) in [6, 6.07) is 4.23. The summed E-state index contributed by atoms with van der Waals surface area (Å²) in [4.78, 5) is 12.2. The number of rotatable bonds is 4. The smallest absolute Gasteiger partial charge is 0.250 e. The second-order valence-electron chi connectivity index (χ2n) is 5.12. The maximum absolute atomic E-state index is 13.3. The Balaban J connectivity index is 1.64. The van der Waals surface area contributed by atoms with Gasteiger partial charge >= 0.3 is 0 Å². The van der Waals surface area contributed by atoms with Crippen LogP contribution >= 0.6 is 12.2 Å². The minimum atomic E-state index is -0.366. The van der Waals surface area contributed by atoms with Gasteiger partial charge in [0.25, 0.3) is 5.91 Å². The van der Waals surface area contributed by atoms with Crippen molar-refractivity contribution in [2.75, 3.05) is 13.2 Å². The van der Waals surface area contributed by atoms with E-state index in [1.165, 1.54) is 12.1 Å². The van der Waals surface area contributed by atoms with Gasteiger partial charge in [0, 0.05) is 18.7 Å². The largest absolute Gasteiger partial charge is 0.488 e. The van der Waals surface area contributed by atoms with Gasteiger partial charge in [-0.1, -0.05) is 0 Å². The number of fused-ring (bicyclic) bond motifs is 1. The van der Waals surface area contributed by atoms with E-state index in [0.717, 1.165) is 5.82 Å². The Hall–Kier alpha value is -2.48. The lowest BCUT2D eigenvalue weighted by Gasteiger charge is -2.17. The second-order valence-corrected chi connectivity index (χ2v) is 5.51. The average molecular weight is 334 g/mol. The monoisotopic (exact) mass is 334 g/mol. The maximum atomic E-state index is 13.3. The van der Waals surface area contributed by atoms with Gasteiger partial charge in [0.2, 0.25) is 0 Å². The van der Waals surface area contributed by atoms with Gasteiger partial charge in [-0.25, -0.2) is 4.39 Å². The van der Waals surface area contributed by atoms with Crippen LogP contribution in [0.3, 0.4) is 0 Å². The second kappa shape index (κ2) is 6.33. The van der Waals surface area contributed by atoms with E-state index in [4.69, 9.17) is 17.0 Å². The van der Waals surface area contributed by atoms with Crippen LogP contribution in [0.4, 0.5) is 4.39 Å². The highest BCUT2D eigenvalue weighted by Crippen LogP contribution is 2.26. The Morgan fingerprint density at radius 1 is 1.57 bits per heavy atom. The molecule has 0 unspecified atom stereocenters. The normalized spacial score (nSPS) is 13.0. The van der Waals surface area contributed by atoms with Crippen molar-refractivity contribution in [3.63, 3.8) is 0 Å². The summed E-state index contributed by atoms with van der Waals surface area (Å²) in [6.07, 6.45) is 1.64. The summed E-state index contributed by atoms with van der Waals surface area (Å²) in [5, 5.41) is 9.49. The topological polar surface area (TPSA) is 71.9 Å². The van der Waals surface area contributed by atoms with Crippen LogP contribution in [0.5, 0.6) is 5.75 Å². The first-order chi connectivity index (χ1) is 11.0. The molecule has 1 aromatic heterocycles. The molecule has 1 aromatic carbocycles. The van der Waals surface area contributed by atoms with Crippen molar-refractivity contribution >= 4 is 24.2 Å². The third-order valence-corrected chi connectivity index (χ3v) is 3.86. The van der Waals surface area contributed by atoms with Gasteiger partial charge in [0.15, 0.2) is 4.77 Å². The van der Waals surface area contributed by atoms with Crippen LogP contribution < -0.4 is 10.1 Å². The number of amides is 1. The number of benzene rings is 1. The van der Waals surface area contributed by atoms with Crippen molar-refractivity contribution in [1.29, 1.82) is 0 Å². The Morgan fingerprint density at radius 2 is 2.39 bits per heavy atom. The highest BCUT2D eigenvalue weighted by atomic mass is 32.1. The number of nitrogens with zero attached hydrogens (tertiary/aromatic N) is 2. The van der Waals surface area contributed by atoms with Gasteiger partial charge in [-0.3, -0.25) is 9.89 Å². The Kier molecular flexibility index (Phi) is 4.24. The molecule has 0 bridgehead atoms. The van der Waals surface area contributed by atoms with E-state index in [1.54, 1.807) is 16.7 Å². The zero-order valence-corrected chi connectivity index (χ0v) is 13.2. The summed E-state index contributed by atoms with van der Waals surface area (Å²) in [6.45, 7) is 2.92. The molecule has 2 N–H and O–H groups in total. The third-order valence-electron chi connectivity index (χ3n) is 3.55. The average Bonchev–Trinajstić information content (AvgIpc) is 2.85. The number of carbonyl (C=O) groups is 1. The quantitative estimate of drug-likeness (QED) is 0.839. The first kappa shape index (κ1) is 15.4. The molecule has 1 amide bonds. The number of aromatic nitrogens is 3. The Labute approximate surface area is 137 Å². The first-order valence-corrected chi connectivity index (χ1v) is 7.48. The van der Waals surface area contributed by atoms with Crippen LogP contribution in [0.15, 0.2) is 23.8 Å². The van der Waals surface area contributed by atoms with Crippen molar-refractivity contribution < 1.29 is 13.9 Å². The van der Waals surface area contributed by atoms with E-state index in [9.17, 15) is 9.18 Å². The van der Waals surface area contributed by atoms with Gasteiger partial charge in [0.05, 0.1) is 5.57 Å². The molecule has 1 aliphatic heterocycles. The molecule has 0 atom stereocenters. The van der Waals surface area contributed by atoms with Gasteiger partial charge in [-0.05, 0) is 43.4 Å². The zero-order valence-electron chi connectivity index (χ0n) is 12.4. The van der Waals surface area contributed by atoms with Gasteiger partial charge in [-0.15, -0.1) is 0 Å². The maximum Gasteiger partial charge on any atom is 0.250 e. The molecule has 2 aromatic rings. The van der Waals surface area contributed by atoms with E-state index in [0.29, 0.717) is 34.7 Å². The van der Waals surface area contributed by atoms with E-state index in [1.807, 2.05) is 6.92 Å². The molecular weight excluding hydrogens is 319 g/mol. The van der Waals surface area contributed by atoms with Gasteiger partial charge < -0.3 is 14.6 Å². The number of carbonyl (C=O) groups excluding carboxylic acids is 1. The molecule has 120 valence electrons. The molecule has 1 aliphatic rings. The minimum Gasteiger partial charge on any atom is -0.488 e. The summed E-state index contributed by atoms with van der Waals surface area (Å²) >= 11 is 5.10. The molecule has 3 rings (SSSR count). The molecule has 0 saturated carbocycles. The fraction of sp³-hybridized carbons (Fsp3) is 0.267. The van der Waals surface area contributed by atoms with E-state index < -0.39 is 0 Å². The van der Waals surface area contributed by atoms with Crippen molar-refractivity contribution in [1.82, 2.24) is 20.1 Å². The van der Waals surface area contributed by atoms with Crippen LogP contribution in [0.1, 0.15) is 11.4 Å². The lowest BCUT2D eigenvalue weighted by Crippen LogP contribution is -2.31. The molecule has 8 heteroatoms. The molecule has 2 heterocycles. The summed E-state index contributed by atoms with van der Waals surface area (Å²) in [5.41, 5.74) is 1.02. The van der Waals surface area contributed by atoms with Crippen LogP contribution in [0, 0.1) is 17.5 Å². The number of ether oxygens (including phenoxy) is 1. The Bertz CT molecular complexity index is 840. The van der Waals surface area contributed by atoms with E-state index in [-0.39, 0.29) is 18.3 Å². The summed E-state index contributed by atoms with van der Waals surface area (Å²) in [5.74, 6) is 0.722. The van der Waals surface area contributed by atoms with Crippen molar-refractivity contribution in [3.8, 4) is 5.75 Å². The van der Waals surface area contributed by atoms with E-state index in [2.05, 4.69) is 15.5 Å². The lowest BCUT2D eigenvalue weighted by molar-refractivity contribution is -0.117. The van der Waals surface area contributed by atoms with Crippen LogP contribution in [0.25, 0.3) is 6.08 Å². The fourth-order valence-electron chi connectivity index (χ4n) is 2.33. The number of H-pyrrole nitrogens is 1. The number of nitrogens with one attached hydrogen (secondary N) is 2. The van der Waals surface area contributed by atoms with Crippen LogP contribution in [0.2, 0.25) is 0 Å². The molecule has 0 saturated heterocycles. The molecule has 0 fully saturated rings. The number of hydrogen-bond acceptors (Lipinski definition) is 4. The van der Waals surface area contributed by atoms with E-state index >= 15 is 0 Å². The van der Waals surface area contributed by atoms with Gasteiger partial charge in [-0.2, -0.15) is 5.10 Å². The highest BCUT2D eigenvalue weighted by molar-refractivity contribution is 7.71. The van der Waals surface area contributed by atoms with Crippen LogP contribution in [-0.4, -0.2) is 33.8 Å². The number of halogens is 1. The lowest BCUT2D eigenvalue weighted by atomic mass is 10.1. The molecule has 6 nitrogen and oxygen atoms in total. The zero-order chi connectivity index (χ0) is 16.4. The van der Waals surface area contributed by atoms with Crippen molar-refractivity contribution in [2.45, 2.75) is 13.5 Å². The van der Waals surface area contributed by atoms with Crippen LogP contribution in [-0.2, 0) is 11.3 Å². The highest BCUT2D eigenvalue weighted by Gasteiger charge is 2.17.